The number of ether oxygens (including phenoxy) is 1. The average molecular weight is 349 g/mol. The fourth-order valence-corrected chi connectivity index (χ4v) is 2.52. The Labute approximate surface area is 146 Å². The largest absolute Gasteiger partial charge is 0.494 e. The molecule has 0 bridgehead atoms. The molecular weight excluding hydrogens is 329 g/mol. The molecule has 24 heavy (non-hydrogen) atoms. The Morgan fingerprint density at radius 3 is 2.08 bits per heavy atom. The molecule has 126 valence electrons. The molecule has 0 amide bonds. The van der Waals surface area contributed by atoms with E-state index in [1.165, 1.54) is 12.1 Å². The lowest BCUT2D eigenvalue weighted by atomic mass is 9.79. The van der Waals surface area contributed by atoms with Crippen LogP contribution in [0.5, 0.6) is 11.5 Å². The summed E-state index contributed by atoms with van der Waals surface area (Å²) in [6.45, 7) is 8.03. The molecule has 0 spiro atoms. The molecule has 0 unspecified atom stereocenters. The predicted molar refractivity (Wildman–Crippen MR) is 93.6 cm³/mol. The first-order valence-corrected chi connectivity index (χ1v) is 8.14. The normalized spacial score (nSPS) is 18.7. The van der Waals surface area contributed by atoms with Gasteiger partial charge in [0.05, 0.1) is 11.2 Å². The van der Waals surface area contributed by atoms with Crippen molar-refractivity contribution in [3.63, 3.8) is 0 Å². The zero-order valence-corrected chi connectivity index (χ0v) is 14.9. The summed E-state index contributed by atoms with van der Waals surface area (Å²) in [5.74, 6) is 0.150. The van der Waals surface area contributed by atoms with Gasteiger partial charge in [0.15, 0.2) is 11.6 Å². The van der Waals surface area contributed by atoms with Gasteiger partial charge >= 0.3 is 7.12 Å². The molecule has 1 fully saturated rings. The van der Waals surface area contributed by atoms with Crippen LogP contribution in [0.3, 0.4) is 0 Å². The van der Waals surface area contributed by atoms with Crippen molar-refractivity contribution in [1.82, 2.24) is 0 Å². The maximum Gasteiger partial charge on any atom is 0.494 e. The maximum absolute atomic E-state index is 13.8. The molecule has 0 aliphatic carbocycles. The van der Waals surface area contributed by atoms with Crippen molar-refractivity contribution in [2.75, 3.05) is 0 Å². The highest BCUT2D eigenvalue weighted by molar-refractivity contribution is 6.62. The van der Waals surface area contributed by atoms with Gasteiger partial charge in [-0.15, -0.1) is 0 Å². The molecule has 0 N–H and O–H groups in total. The Kier molecular flexibility index (Phi) is 4.37. The van der Waals surface area contributed by atoms with E-state index in [4.69, 9.17) is 25.6 Å². The lowest BCUT2D eigenvalue weighted by Crippen LogP contribution is -2.41. The monoisotopic (exact) mass is 348 g/mol. The summed E-state index contributed by atoms with van der Waals surface area (Å²) in [5.41, 5.74) is 0.107. The van der Waals surface area contributed by atoms with Crippen LogP contribution in [0.2, 0.25) is 5.02 Å². The third-order valence-electron chi connectivity index (χ3n) is 4.53. The number of hydrogen-bond acceptors (Lipinski definition) is 3. The molecule has 0 saturated carbocycles. The van der Waals surface area contributed by atoms with Gasteiger partial charge in [-0.2, -0.15) is 0 Å². The molecule has 0 radical (unpaired) electrons. The van der Waals surface area contributed by atoms with E-state index >= 15 is 0 Å². The highest BCUT2D eigenvalue weighted by atomic mass is 35.5. The quantitative estimate of drug-likeness (QED) is 0.760. The number of hydrogen-bond donors (Lipinski definition) is 0. The Hall–Kier alpha value is -1.56. The standard InChI is InChI=1S/C18H19BClFO3/c1-17(2)18(3,4)24-19(23-17)12-5-8-14(9-6-12)22-16-10-7-13(20)11-15(16)21/h5-11H,1-4H3. The van der Waals surface area contributed by atoms with Crippen molar-refractivity contribution in [1.29, 1.82) is 0 Å². The maximum atomic E-state index is 13.8. The van der Waals surface area contributed by atoms with Gasteiger partial charge in [-0.3, -0.25) is 0 Å². The van der Waals surface area contributed by atoms with E-state index in [0.717, 1.165) is 5.46 Å². The lowest BCUT2D eigenvalue weighted by Gasteiger charge is -2.32. The lowest BCUT2D eigenvalue weighted by molar-refractivity contribution is 0.00578. The molecule has 2 aromatic rings. The van der Waals surface area contributed by atoms with Gasteiger partial charge in [0.25, 0.3) is 0 Å². The van der Waals surface area contributed by atoms with E-state index in [2.05, 4.69) is 0 Å². The van der Waals surface area contributed by atoms with Gasteiger partial charge in [0, 0.05) is 5.02 Å². The minimum atomic E-state index is -0.502. The predicted octanol–water partition coefficient (Wildman–Crippen LogP) is 4.57. The van der Waals surface area contributed by atoms with Crippen molar-refractivity contribution in [3.05, 3.63) is 53.3 Å². The van der Waals surface area contributed by atoms with Gasteiger partial charge in [-0.05, 0) is 63.5 Å². The van der Waals surface area contributed by atoms with E-state index in [-0.39, 0.29) is 17.0 Å². The Morgan fingerprint density at radius 2 is 1.54 bits per heavy atom. The van der Waals surface area contributed by atoms with Crippen molar-refractivity contribution < 1.29 is 18.4 Å². The molecule has 3 nitrogen and oxygen atoms in total. The van der Waals surface area contributed by atoms with E-state index in [0.29, 0.717) is 10.8 Å². The van der Waals surface area contributed by atoms with E-state index < -0.39 is 12.9 Å². The molecule has 2 aromatic carbocycles. The van der Waals surface area contributed by atoms with Crippen molar-refractivity contribution in [3.8, 4) is 11.5 Å². The highest BCUT2D eigenvalue weighted by Gasteiger charge is 2.51. The van der Waals surface area contributed by atoms with E-state index in [1.807, 2.05) is 39.8 Å². The Morgan fingerprint density at radius 1 is 0.958 bits per heavy atom. The minimum absolute atomic E-state index is 0.128. The summed E-state index contributed by atoms with van der Waals surface area (Å²) in [6.07, 6.45) is 0. The smallest absolute Gasteiger partial charge is 0.454 e. The van der Waals surface area contributed by atoms with Crippen LogP contribution in [0.15, 0.2) is 42.5 Å². The van der Waals surface area contributed by atoms with Crippen LogP contribution in [-0.2, 0) is 9.31 Å². The molecule has 1 aliphatic rings. The second-order valence-electron chi connectivity index (χ2n) is 6.83. The summed E-state index contributed by atoms with van der Waals surface area (Å²) in [5, 5.41) is 0.330. The fraction of sp³-hybridized carbons (Fsp3) is 0.333. The number of benzene rings is 2. The van der Waals surface area contributed by atoms with Gasteiger partial charge in [-0.1, -0.05) is 23.7 Å². The van der Waals surface area contributed by atoms with Crippen LogP contribution in [0, 0.1) is 5.82 Å². The summed E-state index contributed by atoms with van der Waals surface area (Å²) in [6, 6.07) is 11.5. The third kappa shape index (κ3) is 3.29. The topological polar surface area (TPSA) is 27.7 Å². The zero-order valence-electron chi connectivity index (χ0n) is 14.1. The minimum Gasteiger partial charge on any atom is -0.454 e. The Balaban J connectivity index is 1.75. The van der Waals surface area contributed by atoms with Crippen LogP contribution >= 0.6 is 11.6 Å². The first kappa shape index (κ1) is 17.3. The average Bonchev–Trinajstić information content (AvgIpc) is 2.71. The van der Waals surface area contributed by atoms with Crippen LogP contribution in [-0.4, -0.2) is 18.3 Å². The Bertz CT molecular complexity index is 730. The second-order valence-corrected chi connectivity index (χ2v) is 7.27. The number of rotatable bonds is 3. The molecule has 1 heterocycles. The first-order chi connectivity index (χ1) is 11.2. The SMILES string of the molecule is CC1(C)OB(c2ccc(Oc3ccc(Cl)cc3F)cc2)OC1(C)C. The van der Waals surface area contributed by atoms with Crippen molar-refractivity contribution in [2.45, 2.75) is 38.9 Å². The summed E-state index contributed by atoms with van der Waals surface area (Å²) < 4.78 is 31.3. The van der Waals surface area contributed by atoms with E-state index in [1.54, 1.807) is 18.2 Å². The fourth-order valence-electron chi connectivity index (χ4n) is 2.36. The molecule has 0 aromatic heterocycles. The summed E-state index contributed by atoms with van der Waals surface area (Å²) >= 11 is 5.74. The van der Waals surface area contributed by atoms with Crippen molar-refractivity contribution >= 4 is 24.2 Å². The van der Waals surface area contributed by atoms with Crippen LogP contribution in [0.25, 0.3) is 0 Å². The summed E-state index contributed by atoms with van der Waals surface area (Å²) in [7, 11) is -0.434. The van der Waals surface area contributed by atoms with Gasteiger partial charge < -0.3 is 14.0 Å². The zero-order chi connectivity index (χ0) is 17.5. The van der Waals surface area contributed by atoms with Gasteiger partial charge in [0.1, 0.15) is 5.75 Å². The van der Waals surface area contributed by atoms with Crippen LogP contribution < -0.4 is 10.2 Å². The van der Waals surface area contributed by atoms with Crippen molar-refractivity contribution in [2.24, 2.45) is 0 Å². The van der Waals surface area contributed by atoms with Gasteiger partial charge in [-0.25, -0.2) is 4.39 Å². The molecule has 1 aliphatic heterocycles. The molecule has 3 rings (SSSR count). The first-order valence-electron chi connectivity index (χ1n) is 7.76. The highest BCUT2D eigenvalue weighted by Crippen LogP contribution is 2.36. The van der Waals surface area contributed by atoms with E-state index in [9.17, 15) is 4.39 Å². The molecule has 6 heteroatoms. The van der Waals surface area contributed by atoms with Gasteiger partial charge in [0.2, 0.25) is 0 Å². The van der Waals surface area contributed by atoms with Crippen LogP contribution in [0.4, 0.5) is 4.39 Å². The third-order valence-corrected chi connectivity index (χ3v) is 4.76. The molecule has 0 atom stereocenters. The second kappa shape index (κ2) is 6.06. The number of halogens is 2. The molecular formula is C18H19BClFO3. The summed E-state index contributed by atoms with van der Waals surface area (Å²) in [4.78, 5) is 0. The molecule has 1 saturated heterocycles. The van der Waals surface area contributed by atoms with Crippen LogP contribution in [0.1, 0.15) is 27.7 Å².